The van der Waals surface area contributed by atoms with Crippen LogP contribution in [0.2, 0.25) is 0 Å². The van der Waals surface area contributed by atoms with Crippen LogP contribution in [0.4, 0.5) is 0 Å². The summed E-state index contributed by atoms with van der Waals surface area (Å²) in [4.78, 5) is 38.2. The van der Waals surface area contributed by atoms with Crippen molar-refractivity contribution in [2.45, 2.75) is 297 Å². The Morgan fingerprint density at radius 3 is 0.887 bits per heavy atom. The minimum atomic E-state index is -0.796. The van der Waals surface area contributed by atoms with Crippen molar-refractivity contribution in [1.82, 2.24) is 0 Å². The van der Waals surface area contributed by atoms with Crippen LogP contribution in [0.1, 0.15) is 290 Å². The average molecular weight is 990 g/mol. The monoisotopic (exact) mass is 989 g/mol. The first-order valence-corrected chi connectivity index (χ1v) is 30.1. The van der Waals surface area contributed by atoms with E-state index in [9.17, 15) is 14.4 Å². The average Bonchev–Trinajstić information content (AvgIpc) is 3.37. The molecule has 0 aliphatic rings. The van der Waals surface area contributed by atoms with Gasteiger partial charge in [0, 0.05) is 19.3 Å². The Kier molecular flexibility index (Phi) is 56.3. The fourth-order valence-electron chi connectivity index (χ4n) is 8.38. The van der Waals surface area contributed by atoms with Gasteiger partial charge >= 0.3 is 17.9 Å². The Morgan fingerprint density at radius 1 is 0.296 bits per heavy atom. The molecular formula is C65H112O6. The van der Waals surface area contributed by atoms with E-state index >= 15 is 0 Å². The molecule has 1 atom stereocenters. The molecule has 408 valence electrons. The third-order valence-electron chi connectivity index (χ3n) is 12.9. The van der Waals surface area contributed by atoms with Crippen molar-refractivity contribution >= 4 is 17.9 Å². The molecule has 0 aromatic rings. The highest BCUT2D eigenvalue weighted by atomic mass is 16.6. The van der Waals surface area contributed by atoms with Crippen LogP contribution < -0.4 is 0 Å². The van der Waals surface area contributed by atoms with Gasteiger partial charge in [0.05, 0.1) is 0 Å². The van der Waals surface area contributed by atoms with Crippen LogP contribution in [0.5, 0.6) is 0 Å². The fraction of sp³-hybridized carbons (Fsp3) is 0.738. The lowest BCUT2D eigenvalue weighted by Gasteiger charge is -2.18. The lowest BCUT2D eigenvalue weighted by atomic mass is 10.0. The van der Waals surface area contributed by atoms with E-state index in [-0.39, 0.29) is 31.1 Å². The van der Waals surface area contributed by atoms with Crippen molar-refractivity contribution in [3.8, 4) is 0 Å². The number of allylic oxidation sites excluding steroid dienone is 14. The summed E-state index contributed by atoms with van der Waals surface area (Å²) in [6.07, 6.45) is 77.2. The van der Waals surface area contributed by atoms with Crippen LogP contribution >= 0.6 is 0 Å². The van der Waals surface area contributed by atoms with E-state index in [1.54, 1.807) is 0 Å². The summed E-state index contributed by atoms with van der Waals surface area (Å²) in [5.74, 6) is -0.927. The highest BCUT2D eigenvalue weighted by Crippen LogP contribution is 2.16. The van der Waals surface area contributed by atoms with Crippen molar-refractivity contribution < 1.29 is 28.6 Å². The van der Waals surface area contributed by atoms with E-state index in [0.717, 1.165) is 122 Å². The molecule has 0 N–H and O–H groups in total. The highest BCUT2D eigenvalue weighted by molar-refractivity contribution is 5.71. The van der Waals surface area contributed by atoms with Crippen LogP contribution in [-0.2, 0) is 28.6 Å². The van der Waals surface area contributed by atoms with Gasteiger partial charge < -0.3 is 14.2 Å². The standard InChI is InChI=1S/C65H112O6/c1-4-7-10-13-16-19-22-25-28-31-32-35-38-41-44-47-50-53-56-59-65(68)71-62(60-69-63(66)57-54-51-48-45-42-39-36-33-29-26-23-20-17-14-11-8-5-2)61-70-64(67)58-55-52-49-46-43-40-37-34-30-27-24-21-18-15-12-9-6-3/h8,11,17-18,20-21,26-27,29-30,36-37,39-40,62H,4-7,9-10,12-16,19,22-25,28,31-35,38,41-61H2,1-3H3/b11-8-,20-17-,21-18-,29-26-,30-27-,39-36-,40-37-/t62-/m1/s1. The third kappa shape index (κ3) is 57.4. The molecule has 6 nitrogen and oxygen atoms in total. The maximum absolute atomic E-state index is 12.9. The normalized spacial score (nSPS) is 12.7. The quantitative estimate of drug-likeness (QED) is 0.0261. The molecular weight excluding hydrogens is 877 g/mol. The number of hydrogen-bond donors (Lipinski definition) is 0. The number of rotatable bonds is 54. The van der Waals surface area contributed by atoms with E-state index < -0.39 is 6.10 Å². The molecule has 0 bridgehead atoms. The smallest absolute Gasteiger partial charge is 0.306 e. The zero-order valence-electron chi connectivity index (χ0n) is 46.7. The Morgan fingerprint density at radius 2 is 0.549 bits per heavy atom. The van der Waals surface area contributed by atoms with E-state index in [1.807, 2.05) is 0 Å². The molecule has 6 heteroatoms. The van der Waals surface area contributed by atoms with Crippen molar-refractivity contribution in [3.63, 3.8) is 0 Å². The predicted molar refractivity (Wildman–Crippen MR) is 307 cm³/mol. The summed E-state index contributed by atoms with van der Waals surface area (Å²) < 4.78 is 16.9. The molecule has 0 saturated carbocycles. The van der Waals surface area contributed by atoms with Crippen molar-refractivity contribution in [2.75, 3.05) is 13.2 Å². The van der Waals surface area contributed by atoms with Gasteiger partial charge in [0.2, 0.25) is 0 Å². The largest absolute Gasteiger partial charge is 0.462 e. The van der Waals surface area contributed by atoms with E-state index in [1.165, 1.54) is 128 Å². The Hall–Kier alpha value is -3.41. The van der Waals surface area contributed by atoms with Crippen molar-refractivity contribution in [1.29, 1.82) is 0 Å². The lowest BCUT2D eigenvalue weighted by Crippen LogP contribution is -2.30. The summed E-state index contributed by atoms with van der Waals surface area (Å²) in [5, 5.41) is 0. The number of hydrogen-bond acceptors (Lipinski definition) is 6. The number of unbranched alkanes of at least 4 members (excludes halogenated alkanes) is 29. The first-order chi connectivity index (χ1) is 35.0. The SMILES string of the molecule is CC/C=C\C/C=C\C/C=C\C/C=C\CCCCCCC(=O)OC[C@H](COC(=O)CCCCCC/C=C\C/C=C\C/C=C\CCCCC)OC(=O)CCCCCCCCCCCCCCCCCCCCC. The molecule has 0 aliphatic carbocycles. The summed E-state index contributed by atoms with van der Waals surface area (Å²) in [7, 11) is 0. The highest BCUT2D eigenvalue weighted by Gasteiger charge is 2.19. The third-order valence-corrected chi connectivity index (χ3v) is 12.9. The Balaban J connectivity index is 4.44. The van der Waals surface area contributed by atoms with Gasteiger partial charge in [-0.05, 0) is 96.3 Å². The molecule has 0 heterocycles. The number of carbonyl (C=O) groups excluding carboxylic acids is 3. The zero-order valence-corrected chi connectivity index (χ0v) is 46.7. The number of ether oxygens (including phenoxy) is 3. The van der Waals surface area contributed by atoms with Gasteiger partial charge in [-0.2, -0.15) is 0 Å². The van der Waals surface area contributed by atoms with Gasteiger partial charge in [0.1, 0.15) is 13.2 Å². The van der Waals surface area contributed by atoms with Gasteiger partial charge in [-0.3, -0.25) is 14.4 Å². The van der Waals surface area contributed by atoms with E-state index in [2.05, 4.69) is 106 Å². The summed E-state index contributed by atoms with van der Waals surface area (Å²) in [6.45, 7) is 6.49. The number of carbonyl (C=O) groups is 3. The predicted octanol–water partition coefficient (Wildman–Crippen LogP) is 20.3. The van der Waals surface area contributed by atoms with Gasteiger partial charge in [0.15, 0.2) is 6.10 Å². The first kappa shape index (κ1) is 67.6. The molecule has 0 unspecified atom stereocenters. The maximum Gasteiger partial charge on any atom is 0.306 e. The minimum Gasteiger partial charge on any atom is -0.462 e. The second-order valence-electron chi connectivity index (χ2n) is 19.9. The van der Waals surface area contributed by atoms with E-state index in [0.29, 0.717) is 19.3 Å². The van der Waals surface area contributed by atoms with Gasteiger partial charge in [-0.1, -0.05) is 260 Å². The molecule has 0 radical (unpaired) electrons. The summed E-state index contributed by atoms with van der Waals surface area (Å²) >= 11 is 0. The Labute approximate surface area is 439 Å². The molecule has 0 fully saturated rings. The molecule has 0 saturated heterocycles. The molecule has 71 heavy (non-hydrogen) atoms. The zero-order chi connectivity index (χ0) is 51.4. The van der Waals surface area contributed by atoms with Crippen LogP contribution in [0.25, 0.3) is 0 Å². The Bertz CT molecular complexity index is 1370. The molecule has 0 amide bonds. The molecule has 0 aromatic carbocycles. The minimum absolute atomic E-state index is 0.0944. The molecule has 0 spiro atoms. The first-order valence-electron chi connectivity index (χ1n) is 30.1. The van der Waals surface area contributed by atoms with Crippen molar-refractivity contribution in [3.05, 3.63) is 85.1 Å². The number of esters is 3. The van der Waals surface area contributed by atoms with Crippen LogP contribution in [0, 0.1) is 0 Å². The van der Waals surface area contributed by atoms with Crippen LogP contribution in [-0.4, -0.2) is 37.2 Å². The van der Waals surface area contributed by atoms with E-state index in [4.69, 9.17) is 14.2 Å². The summed E-state index contributed by atoms with van der Waals surface area (Å²) in [5.41, 5.74) is 0. The molecule has 0 rings (SSSR count). The molecule has 0 aromatic heterocycles. The topological polar surface area (TPSA) is 78.9 Å². The van der Waals surface area contributed by atoms with Crippen molar-refractivity contribution in [2.24, 2.45) is 0 Å². The second-order valence-corrected chi connectivity index (χ2v) is 19.9. The van der Waals surface area contributed by atoms with Gasteiger partial charge in [-0.15, -0.1) is 0 Å². The van der Waals surface area contributed by atoms with Crippen LogP contribution in [0.3, 0.4) is 0 Å². The van der Waals surface area contributed by atoms with Crippen LogP contribution in [0.15, 0.2) is 85.1 Å². The second kappa shape index (κ2) is 59.2. The summed E-state index contributed by atoms with van der Waals surface area (Å²) in [6, 6.07) is 0. The fourth-order valence-corrected chi connectivity index (χ4v) is 8.38. The van der Waals surface area contributed by atoms with Gasteiger partial charge in [0.25, 0.3) is 0 Å². The maximum atomic E-state index is 12.9. The van der Waals surface area contributed by atoms with Gasteiger partial charge in [-0.25, -0.2) is 0 Å². The molecule has 0 aliphatic heterocycles. The lowest BCUT2D eigenvalue weighted by molar-refractivity contribution is -0.167.